The third kappa shape index (κ3) is 6.28. The van der Waals surface area contributed by atoms with Gasteiger partial charge in [-0.15, -0.1) is 24.0 Å². The molecule has 1 saturated heterocycles. The summed E-state index contributed by atoms with van der Waals surface area (Å²) in [5.74, 6) is 1.16. The molecule has 0 saturated carbocycles. The van der Waals surface area contributed by atoms with E-state index in [0.717, 1.165) is 5.56 Å². The van der Waals surface area contributed by atoms with Gasteiger partial charge in [0.25, 0.3) is 0 Å². The van der Waals surface area contributed by atoms with Crippen molar-refractivity contribution in [2.24, 2.45) is 4.99 Å². The number of nitrogens with zero attached hydrogens (tertiary/aromatic N) is 5. The first-order valence-corrected chi connectivity index (χ1v) is 11.0. The molecule has 1 aliphatic heterocycles. The number of piperazine rings is 1. The fourth-order valence-electron chi connectivity index (χ4n) is 3.10. The van der Waals surface area contributed by atoms with Gasteiger partial charge in [-0.3, -0.25) is 4.99 Å². The lowest BCUT2D eigenvalue weighted by molar-refractivity contribution is 0.259. The van der Waals surface area contributed by atoms with Crippen molar-refractivity contribution in [3.63, 3.8) is 0 Å². The summed E-state index contributed by atoms with van der Waals surface area (Å²) in [5, 5.41) is 7.00. The van der Waals surface area contributed by atoms with E-state index in [-0.39, 0.29) is 29.7 Å². The van der Waals surface area contributed by atoms with Crippen LogP contribution in [0.5, 0.6) is 5.88 Å². The normalized spacial score (nSPS) is 15.5. The van der Waals surface area contributed by atoms with Gasteiger partial charge in [-0.2, -0.15) is 4.31 Å². The Bertz CT molecular complexity index is 915. The number of aromatic nitrogens is 2. The van der Waals surface area contributed by atoms with E-state index in [1.54, 1.807) is 19.3 Å². The Balaban J connectivity index is 0.00000320. The lowest BCUT2D eigenvalue weighted by Gasteiger charge is -2.35. The second-order valence-electron chi connectivity index (χ2n) is 6.43. The zero-order valence-corrected chi connectivity index (χ0v) is 20.2. The number of pyridine rings is 1. The predicted octanol–water partition coefficient (Wildman–Crippen LogP) is 1.31. The maximum atomic E-state index is 12.6. The van der Waals surface area contributed by atoms with Crippen molar-refractivity contribution < 1.29 is 17.7 Å². The van der Waals surface area contributed by atoms with Crippen LogP contribution in [0.4, 0.5) is 0 Å². The molecule has 2 aromatic rings. The predicted molar refractivity (Wildman–Crippen MR) is 123 cm³/mol. The molecule has 0 unspecified atom stereocenters. The average Bonchev–Trinajstić information content (AvgIpc) is 3.22. The zero-order valence-electron chi connectivity index (χ0n) is 17.0. The van der Waals surface area contributed by atoms with E-state index in [1.165, 1.54) is 10.6 Å². The van der Waals surface area contributed by atoms with Crippen LogP contribution in [0.3, 0.4) is 0 Å². The summed E-state index contributed by atoms with van der Waals surface area (Å²) >= 11 is 0. The van der Waals surface area contributed by atoms with Gasteiger partial charge in [0, 0.05) is 57.6 Å². The van der Waals surface area contributed by atoms with Crippen molar-refractivity contribution in [1.29, 1.82) is 0 Å². The number of sulfonamides is 1. The zero-order chi connectivity index (χ0) is 20.7. The summed E-state index contributed by atoms with van der Waals surface area (Å²) in [7, 11) is -1.72. The minimum absolute atomic E-state index is 0. The number of hydrogen-bond donors (Lipinski definition) is 1. The Labute approximate surface area is 193 Å². The van der Waals surface area contributed by atoms with Crippen LogP contribution in [0.15, 0.2) is 40.2 Å². The van der Waals surface area contributed by atoms with Gasteiger partial charge < -0.3 is 19.5 Å². The molecule has 1 N–H and O–H groups in total. The molecule has 1 fully saturated rings. The highest BCUT2D eigenvalue weighted by Crippen LogP contribution is 2.15. The molecule has 166 valence electrons. The third-order valence-corrected chi connectivity index (χ3v) is 6.35. The molecule has 0 aromatic carbocycles. The topological polar surface area (TPSA) is 113 Å². The van der Waals surface area contributed by atoms with E-state index in [4.69, 9.17) is 9.26 Å². The Kier molecular flexibility index (Phi) is 9.30. The Hall–Kier alpha value is -1.93. The lowest BCUT2D eigenvalue weighted by Crippen LogP contribution is -2.53. The first-order chi connectivity index (χ1) is 14.0. The van der Waals surface area contributed by atoms with Crippen molar-refractivity contribution in [3.05, 3.63) is 41.9 Å². The van der Waals surface area contributed by atoms with E-state index in [1.807, 2.05) is 24.0 Å². The Morgan fingerprint density at radius 2 is 2.07 bits per heavy atom. The molecule has 2 aromatic heterocycles. The maximum Gasteiger partial charge on any atom is 0.220 e. The number of aliphatic imine (C=N–C) groups is 1. The van der Waals surface area contributed by atoms with Crippen LogP contribution in [0.2, 0.25) is 0 Å². The second-order valence-corrected chi connectivity index (χ2v) is 8.40. The highest BCUT2D eigenvalue weighted by atomic mass is 127. The van der Waals surface area contributed by atoms with E-state index < -0.39 is 10.0 Å². The summed E-state index contributed by atoms with van der Waals surface area (Å²) < 4.78 is 36.9. The van der Waals surface area contributed by atoms with Crippen molar-refractivity contribution >= 4 is 40.0 Å². The molecule has 0 amide bonds. The van der Waals surface area contributed by atoms with Gasteiger partial charge in [0.15, 0.2) is 5.96 Å². The molecular weight excluding hydrogens is 523 g/mol. The summed E-state index contributed by atoms with van der Waals surface area (Å²) in [6.45, 7) is 4.84. The molecule has 0 aliphatic carbocycles. The fourth-order valence-corrected chi connectivity index (χ4v) is 4.53. The van der Waals surface area contributed by atoms with Gasteiger partial charge >= 0.3 is 0 Å². The van der Waals surface area contributed by atoms with Gasteiger partial charge in [-0.05, 0) is 13.0 Å². The summed E-state index contributed by atoms with van der Waals surface area (Å²) in [6, 6.07) is 5.38. The number of halogens is 1. The molecule has 10 nitrogen and oxygen atoms in total. The van der Waals surface area contributed by atoms with Crippen LogP contribution in [-0.2, 0) is 22.3 Å². The van der Waals surface area contributed by atoms with Crippen LogP contribution in [0.1, 0.15) is 18.2 Å². The minimum atomic E-state index is -3.43. The molecule has 0 atom stereocenters. The van der Waals surface area contributed by atoms with E-state index in [2.05, 4.69) is 20.4 Å². The molecule has 3 rings (SSSR count). The highest BCUT2D eigenvalue weighted by Gasteiger charge is 2.29. The molecule has 0 bridgehead atoms. The number of rotatable bonds is 7. The smallest absolute Gasteiger partial charge is 0.220 e. The van der Waals surface area contributed by atoms with E-state index >= 15 is 0 Å². The maximum absolute atomic E-state index is 12.6. The monoisotopic (exact) mass is 550 g/mol. The summed E-state index contributed by atoms with van der Waals surface area (Å²) in [4.78, 5) is 10.6. The second kappa shape index (κ2) is 11.5. The lowest BCUT2D eigenvalue weighted by atomic mass is 10.2. The number of nitrogens with one attached hydrogen (secondary N) is 1. The van der Waals surface area contributed by atoms with Gasteiger partial charge in [-0.1, -0.05) is 11.2 Å². The van der Waals surface area contributed by atoms with Gasteiger partial charge in [-0.25, -0.2) is 13.4 Å². The van der Waals surface area contributed by atoms with E-state index in [0.29, 0.717) is 56.9 Å². The average molecular weight is 550 g/mol. The van der Waals surface area contributed by atoms with Crippen molar-refractivity contribution in [2.75, 3.05) is 39.8 Å². The van der Waals surface area contributed by atoms with Crippen molar-refractivity contribution in [1.82, 2.24) is 24.7 Å². The van der Waals surface area contributed by atoms with Crippen molar-refractivity contribution in [3.8, 4) is 5.88 Å². The molecular formula is C18H27IN6O4S. The number of guanidine groups is 1. The highest BCUT2D eigenvalue weighted by molar-refractivity contribution is 14.0. The van der Waals surface area contributed by atoms with Crippen LogP contribution < -0.4 is 10.1 Å². The van der Waals surface area contributed by atoms with Gasteiger partial charge in [0.2, 0.25) is 15.9 Å². The van der Waals surface area contributed by atoms with Crippen LogP contribution in [0, 0.1) is 0 Å². The Morgan fingerprint density at radius 3 is 2.70 bits per heavy atom. The van der Waals surface area contributed by atoms with Crippen molar-refractivity contribution in [2.45, 2.75) is 19.2 Å². The largest absolute Gasteiger partial charge is 0.478 e. The summed E-state index contributed by atoms with van der Waals surface area (Å²) in [5.41, 5.74) is 1.34. The third-order valence-electron chi connectivity index (χ3n) is 4.53. The van der Waals surface area contributed by atoms with Gasteiger partial charge in [0.05, 0.1) is 12.3 Å². The molecule has 3 heterocycles. The molecule has 0 radical (unpaired) electrons. The molecule has 12 heteroatoms. The SMILES string of the molecule is CCOc1ncccc1CNC(=NC)N1CCN(S(=O)(=O)Cc2ccon2)CC1.I. The van der Waals surface area contributed by atoms with Crippen LogP contribution >= 0.6 is 24.0 Å². The first-order valence-electron chi connectivity index (χ1n) is 9.43. The molecule has 30 heavy (non-hydrogen) atoms. The standard InChI is InChI=1S/C18H26N6O4S.HI/c1-3-27-17-15(5-4-7-20-17)13-21-18(19-2)23-8-10-24(11-9-23)29(25,26)14-16-6-12-28-22-16;/h4-7,12H,3,8-11,13-14H2,1-2H3,(H,19,21);1H. The van der Waals surface area contributed by atoms with Crippen LogP contribution in [-0.4, -0.2) is 73.6 Å². The van der Waals surface area contributed by atoms with Crippen LogP contribution in [0.25, 0.3) is 0 Å². The van der Waals surface area contributed by atoms with Gasteiger partial charge in [0.1, 0.15) is 12.0 Å². The fraction of sp³-hybridized carbons (Fsp3) is 0.500. The van der Waals surface area contributed by atoms with E-state index in [9.17, 15) is 8.42 Å². The number of hydrogen-bond acceptors (Lipinski definition) is 7. The molecule has 0 spiro atoms. The summed E-state index contributed by atoms with van der Waals surface area (Å²) in [6.07, 6.45) is 3.07. The molecule has 1 aliphatic rings. The number of ether oxygens (including phenoxy) is 1. The first kappa shape index (κ1) is 24.3. The quantitative estimate of drug-likeness (QED) is 0.312. The Morgan fingerprint density at radius 1 is 1.30 bits per heavy atom. The minimum Gasteiger partial charge on any atom is -0.478 e.